The first-order valence-corrected chi connectivity index (χ1v) is 6.72. The van der Waals surface area contributed by atoms with Crippen LogP contribution in [-0.2, 0) is 4.79 Å². The molecule has 5 nitrogen and oxygen atoms in total. The number of nitrogens with zero attached hydrogens (tertiary/aromatic N) is 1. The number of benzene rings is 1. The van der Waals surface area contributed by atoms with Gasteiger partial charge in [-0.05, 0) is 32.0 Å². The van der Waals surface area contributed by atoms with Crippen molar-refractivity contribution in [3.8, 4) is 5.75 Å². The van der Waals surface area contributed by atoms with Gasteiger partial charge in [0.1, 0.15) is 5.75 Å². The van der Waals surface area contributed by atoms with Gasteiger partial charge in [0.25, 0.3) is 0 Å². The van der Waals surface area contributed by atoms with Crippen molar-refractivity contribution in [3.63, 3.8) is 0 Å². The highest BCUT2D eigenvalue weighted by atomic mass is 32.1. The van der Waals surface area contributed by atoms with Gasteiger partial charge in [-0.3, -0.25) is 4.79 Å². The maximum absolute atomic E-state index is 11.8. The van der Waals surface area contributed by atoms with E-state index in [9.17, 15) is 4.79 Å². The van der Waals surface area contributed by atoms with Crippen LogP contribution in [0.25, 0.3) is 10.2 Å². The molecular weight excluding hydrogens is 262 g/mol. The highest BCUT2D eigenvalue weighted by molar-refractivity contribution is 7.22. The zero-order valence-electron chi connectivity index (χ0n) is 11.2. The zero-order valence-corrected chi connectivity index (χ0v) is 12.0. The normalized spacial score (nSPS) is 11.6. The second-order valence-corrected chi connectivity index (χ2v) is 6.10. The fraction of sp³-hybridized carbons (Fsp3) is 0.385. The van der Waals surface area contributed by atoms with Gasteiger partial charge in [0, 0.05) is 12.0 Å². The van der Waals surface area contributed by atoms with E-state index in [-0.39, 0.29) is 12.3 Å². The van der Waals surface area contributed by atoms with E-state index in [1.165, 1.54) is 11.3 Å². The van der Waals surface area contributed by atoms with Gasteiger partial charge >= 0.3 is 0 Å². The van der Waals surface area contributed by atoms with Gasteiger partial charge in [-0.2, -0.15) is 0 Å². The molecule has 2 rings (SSSR count). The quantitative estimate of drug-likeness (QED) is 0.900. The van der Waals surface area contributed by atoms with Crippen molar-refractivity contribution >= 4 is 32.6 Å². The van der Waals surface area contributed by atoms with Crippen LogP contribution < -0.4 is 15.8 Å². The van der Waals surface area contributed by atoms with Crippen molar-refractivity contribution in [1.29, 1.82) is 0 Å². The monoisotopic (exact) mass is 279 g/mol. The van der Waals surface area contributed by atoms with Crippen molar-refractivity contribution in [3.05, 3.63) is 18.2 Å². The minimum Gasteiger partial charge on any atom is -0.497 e. The van der Waals surface area contributed by atoms with E-state index < -0.39 is 5.54 Å². The van der Waals surface area contributed by atoms with Gasteiger partial charge in [0.2, 0.25) is 5.91 Å². The predicted molar refractivity (Wildman–Crippen MR) is 77.7 cm³/mol. The molecule has 1 aromatic heterocycles. The molecule has 0 bridgehead atoms. The number of ether oxygens (including phenoxy) is 1. The maximum atomic E-state index is 11.8. The summed E-state index contributed by atoms with van der Waals surface area (Å²) in [5.74, 6) is 0.649. The third-order valence-corrected chi connectivity index (χ3v) is 3.39. The fourth-order valence-electron chi connectivity index (χ4n) is 1.66. The molecule has 1 aromatic carbocycles. The van der Waals surface area contributed by atoms with Crippen molar-refractivity contribution in [2.24, 2.45) is 5.73 Å². The molecule has 1 heterocycles. The number of thiazole rings is 1. The highest BCUT2D eigenvalue weighted by Crippen LogP contribution is 2.29. The Morgan fingerprint density at radius 2 is 2.26 bits per heavy atom. The smallest absolute Gasteiger partial charge is 0.227 e. The number of amides is 1. The van der Waals surface area contributed by atoms with Gasteiger partial charge in [-0.25, -0.2) is 4.98 Å². The molecule has 0 radical (unpaired) electrons. The topological polar surface area (TPSA) is 77.2 Å². The molecule has 3 N–H and O–H groups in total. The van der Waals surface area contributed by atoms with E-state index in [0.717, 1.165) is 16.0 Å². The summed E-state index contributed by atoms with van der Waals surface area (Å²) < 4.78 is 6.13. The Morgan fingerprint density at radius 1 is 1.53 bits per heavy atom. The van der Waals surface area contributed by atoms with Crippen LogP contribution >= 0.6 is 11.3 Å². The number of fused-ring (bicyclic) bond motifs is 1. The molecule has 0 aliphatic carbocycles. The van der Waals surface area contributed by atoms with Crippen LogP contribution in [0.4, 0.5) is 5.13 Å². The van der Waals surface area contributed by atoms with Crippen molar-refractivity contribution in [2.45, 2.75) is 25.8 Å². The van der Waals surface area contributed by atoms with Crippen LogP contribution in [0.2, 0.25) is 0 Å². The number of carbonyl (C=O) groups excluding carboxylic acids is 1. The zero-order chi connectivity index (χ0) is 14.0. The van der Waals surface area contributed by atoms with Gasteiger partial charge in [0.15, 0.2) is 5.13 Å². The summed E-state index contributed by atoms with van der Waals surface area (Å²) in [6.45, 7) is 3.63. The first kappa shape index (κ1) is 13.8. The van der Waals surface area contributed by atoms with Crippen molar-refractivity contribution in [1.82, 2.24) is 4.98 Å². The Morgan fingerprint density at radius 3 is 2.89 bits per heavy atom. The Kier molecular flexibility index (Phi) is 3.73. The lowest BCUT2D eigenvalue weighted by Gasteiger charge is -2.16. The van der Waals surface area contributed by atoms with Crippen LogP contribution in [0, 0.1) is 0 Å². The molecule has 0 spiro atoms. The van der Waals surface area contributed by atoms with Gasteiger partial charge < -0.3 is 15.8 Å². The summed E-state index contributed by atoms with van der Waals surface area (Å²) >= 11 is 1.42. The van der Waals surface area contributed by atoms with Crippen LogP contribution in [0.5, 0.6) is 5.75 Å². The van der Waals surface area contributed by atoms with E-state index in [4.69, 9.17) is 10.5 Å². The molecule has 6 heteroatoms. The maximum Gasteiger partial charge on any atom is 0.227 e. The number of nitrogens with one attached hydrogen (secondary N) is 1. The van der Waals surface area contributed by atoms with Gasteiger partial charge in [0.05, 0.1) is 17.3 Å². The molecule has 0 saturated carbocycles. The second-order valence-electron chi connectivity index (χ2n) is 5.07. The van der Waals surface area contributed by atoms with E-state index in [1.54, 1.807) is 7.11 Å². The highest BCUT2D eigenvalue weighted by Gasteiger charge is 2.17. The van der Waals surface area contributed by atoms with E-state index in [0.29, 0.717) is 5.13 Å². The molecule has 1 amide bonds. The number of carbonyl (C=O) groups is 1. The number of methoxy groups -OCH3 is 1. The van der Waals surface area contributed by atoms with Crippen LogP contribution in [-0.4, -0.2) is 23.5 Å². The van der Waals surface area contributed by atoms with Gasteiger partial charge in [-0.1, -0.05) is 11.3 Å². The first-order chi connectivity index (χ1) is 8.87. The average molecular weight is 279 g/mol. The number of hydrogen-bond donors (Lipinski definition) is 2. The molecule has 102 valence electrons. The fourth-order valence-corrected chi connectivity index (χ4v) is 2.57. The van der Waals surface area contributed by atoms with E-state index >= 15 is 0 Å². The lowest BCUT2D eigenvalue weighted by Crippen LogP contribution is -2.36. The number of anilines is 1. The Hall–Kier alpha value is -1.66. The number of hydrogen-bond acceptors (Lipinski definition) is 5. The molecule has 0 aliphatic rings. The van der Waals surface area contributed by atoms with Crippen molar-refractivity contribution < 1.29 is 9.53 Å². The molecule has 19 heavy (non-hydrogen) atoms. The molecule has 0 unspecified atom stereocenters. The third kappa shape index (κ3) is 3.65. The molecule has 2 aromatic rings. The third-order valence-electron chi connectivity index (χ3n) is 2.46. The van der Waals surface area contributed by atoms with E-state index in [2.05, 4.69) is 10.3 Å². The largest absolute Gasteiger partial charge is 0.497 e. The molecule has 0 saturated heterocycles. The molecule has 0 fully saturated rings. The molecule has 0 aliphatic heterocycles. The standard InChI is InChI=1S/C13H17N3O2S/c1-13(2,14)7-11(17)16-12-15-9-5-4-8(18-3)6-10(9)19-12/h4-6H,7,14H2,1-3H3,(H,15,16,17). The summed E-state index contributed by atoms with van der Waals surface area (Å²) in [6.07, 6.45) is 0.256. The number of aromatic nitrogens is 1. The summed E-state index contributed by atoms with van der Waals surface area (Å²) in [6, 6.07) is 5.61. The van der Waals surface area contributed by atoms with Crippen molar-refractivity contribution in [2.75, 3.05) is 12.4 Å². The predicted octanol–water partition coefficient (Wildman–Crippen LogP) is 2.37. The summed E-state index contributed by atoms with van der Waals surface area (Å²) in [5, 5.41) is 3.35. The van der Waals surface area contributed by atoms with Crippen LogP contribution in [0.15, 0.2) is 18.2 Å². The Bertz CT molecular complexity index is 601. The number of rotatable bonds is 4. The van der Waals surface area contributed by atoms with E-state index in [1.807, 2.05) is 32.0 Å². The summed E-state index contributed by atoms with van der Waals surface area (Å²) in [7, 11) is 1.62. The first-order valence-electron chi connectivity index (χ1n) is 5.91. The summed E-state index contributed by atoms with van der Waals surface area (Å²) in [4.78, 5) is 16.1. The lowest BCUT2D eigenvalue weighted by atomic mass is 10.0. The van der Waals surface area contributed by atoms with Gasteiger partial charge in [-0.15, -0.1) is 0 Å². The Labute approximate surface area is 115 Å². The van der Waals surface area contributed by atoms with Crippen LogP contribution in [0.1, 0.15) is 20.3 Å². The minimum atomic E-state index is -0.524. The molecular formula is C13H17N3O2S. The molecule has 0 atom stereocenters. The Balaban J connectivity index is 2.15. The lowest BCUT2D eigenvalue weighted by molar-refractivity contribution is -0.117. The SMILES string of the molecule is COc1ccc2nc(NC(=O)CC(C)(C)N)sc2c1. The summed E-state index contributed by atoms with van der Waals surface area (Å²) in [5.41, 5.74) is 6.13. The second kappa shape index (κ2) is 5.14. The number of nitrogens with two attached hydrogens (primary N) is 1. The minimum absolute atomic E-state index is 0.126. The average Bonchev–Trinajstić information content (AvgIpc) is 2.66. The van der Waals surface area contributed by atoms with Crippen LogP contribution in [0.3, 0.4) is 0 Å².